The van der Waals surface area contributed by atoms with E-state index in [2.05, 4.69) is 12.1 Å². The summed E-state index contributed by atoms with van der Waals surface area (Å²) in [4.78, 5) is 17.1. The second-order valence-corrected chi connectivity index (χ2v) is 6.27. The number of nitrogens with zero attached hydrogens (tertiary/aromatic N) is 1. The van der Waals surface area contributed by atoms with Crippen LogP contribution in [0.25, 0.3) is 21.7 Å². The van der Waals surface area contributed by atoms with Crippen LogP contribution < -0.4 is 4.74 Å². The molecule has 4 aromatic rings. The van der Waals surface area contributed by atoms with Gasteiger partial charge >= 0.3 is 5.97 Å². The van der Waals surface area contributed by atoms with Gasteiger partial charge in [0.2, 0.25) is 0 Å². The predicted octanol–water partition coefficient (Wildman–Crippen LogP) is 4.68. The van der Waals surface area contributed by atoms with Gasteiger partial charge in [0.15, 0.2) is 0 Å². The third-order valence-electron chi connectivity index (χ3n) is 4.58. The number of esters is 1. The molecule has 0 saturated heterocycles. The van der Waals surface area contributed by atoms with Gasteiger partial charge in [0.1, 0.15) is 12.4 Å². The van der Waals surface area contributed by atoms with E-state index in [1.165, 1.54) is 0 Å². The average molecular weight is 357 g/mol. The van der Waals surface area contributed by atoms with Gasteiger partial charge in [0.25, 0.3) is 0 Å². The van der Waals surface area contributed by atoms with Gasteiger partial charge in [-0.2, -0.15) is 0 Å². The number of hydrogen-bond donors (Lipinski definition) is 0. The number of carbonyl (C=O) groups excluding carboxylic acids is 1. The molecule has 0 aliphatic heterocycles. The number of hydrogen-bond acceptors (Lipinski definition) is 4. The molecule has 0 spiro atoms. The number of para-hydroxylation sites is 2. The topological polar surface area (TPSA) is 48.4 Å². The smallest absolute Gasteiger partial charge is 0.310 e. The van der Waals surface area contributed by atoms with Gasteiger partial charge in [-0.3, -0.25) is 4.79 Å². The molecule has 4 rings (SSSR count). The lowest BCUT2D eigenvalue weighted by Gasteiger charge is -2.11. The van der Waals surface area contributed by atoms with E-state index in [0.29, 0.717) is 5.75 Å². The van der Waals surface area contributed by atoms with Gasteiger partial charge in [-0.15, -0.1) is 0 Å². The number of benzene rings is 3. The van der Waals surface area contributed by atoms with Gasteiger partial charge in [-0.25, -0.2) is 4.98 Å². The number of ether oxygens (including phenoxy) is 2. The number of carbonyl (C=O) groups is 1. The summed E-state index contributed by atoms with van der Waals surface area (Å²) in [6.07, 6.45) is 0.162. The molecule has 4 heteroatoms. The summed E-state index contributed by atoms with van der Waals surface area (Å²) in [6, 6.07) is 23.5. The SMILES string of the molecule is COc1ccccc1CC(=O)OCc1nc2ccccc2c2ccccc12. The number of aromatic nitrogens is 1. The summed E-state index contributed by atoms with van der Waals surface area (Å²) >= 11 is 0. The fraction of sp³-hybridized carbons (Fsp3) is 0.130. The molecule has 3 aromatic carbocycles. The maximum atomic E-state index is 12.3. The van der Waals surface area contributed by atoms with E-state index in [1.54, 1.807) is 7.11 Å². The van der Waals surface area contributed by atoms with Crippen LogP contribution in [0.4, 0.5) is 0 Å². The number of rotatable bonds is 5. The Labute approximate surface area is 157 Å². The Balaban J connectivity index is 1.59. The van der Waals surface area contributed by atoms with Crippen LogP contribution >= 0.6 is 0 Å². The van der Waals surface area contributed by atoms with Crippen LogP contribution in [0, 0.1) is 0 Å². The molecule has 27 heavy (non-hydrogen) atoms. The molecule has 0 saturated carbocycles. The first-order valence-electron chi connectivity index (χ1n) is 8.80. The summed E-state index contributed by atoms with van der Waals surface area (Å²) in [5.74, 6) is 0.377. The van der Waals surface area contributed by atoms with Gasteiger partial charge in [0.05, 0.1) is 24.7 Å². The van der Waals surface area contributed by atoms with E-state index in [9.17, 15) is 4.79 Å². The standard InChI is InChI=1S/C23H19NO3/c1-26-22-13-7-2-8-16(22)14-23(25)27-15-21-19-11-4-3-9-17(19)18-10-5-6-12-20(18)24-21/h2-13H,14-15H2,1H3. The summed E-state index contributed by atoms with van der Waals surface area (Å²) < 4.78 is 10.8. The second-order valence-electron chi connectivity index (χ2n) is 6.27. The minimum absolute atomic E-state index is 0.138. The molecule has 0 N–H and O–H groups in total. The number of pyridine rings is 1. The van der Waals surface area contributed by atoms with E-state index in [4.69, 9.17) is 14.5 Å². The maximum absolute atomic E-state index is 12.3. The molecule has 0 aliphatic carbocycles. The van der Waals surface area contributed by atoms with E-state index in [0.717, 1.165) is 32.9 Å². The highest BCUT2D eigenvalue weighted by molar-refractivity contribution is 6.06. The van der Waals surface area contributed by atoms with Crippen molar-refractivity contribution >= 4 is 27.6 Å². The number of fused-ring (bicyclic) bond motifs is 3. The van der Waals surface area contributed by atoms with Crippen LogP contribution in [0.2, 0.25) is 0 Å². The Bertz CT molecular complexity index is 1120. The van der Waals surface area contributed by atoms with E-state index >= 15 is 0 Å². The van der Waals surface area contributed by atoms with E-state index in [1.807, 2.05) is 60.7 Å². The van der Waals surface area contributed by atoms with Crippen molar-refractivity contribution < 1.29 is 14.3 Å². The van der Waals surface area contributed by atoms with Crippen molar-refractivity contribution in [1.82, 2.24) is 4.98 Å². The quantitative estimate of drug-likeness (QED) is 0.384. The molecule has 4 nitrogen and oxygen atoms in total. The average Bonchev–Trinajstić information content (AvgIpc) is 2.72. The maximum Gasteiger partial charge on any atom is 0.310 e. The zero-order chi connectivity index (χ0) is 18.6. The van der Waals surface area contributed by atoms with Crippen molar-refractivity contribution in [3.63, 3.8) is 0 Å². The summed E-state index contributed by atoms with van der Waals surface area (Å²) in [5.41, 5.74) is 2.46. The Morgan fingerprint density at radius 3 is 2.33 bits per heavy atom. The highest BCUT2D eigenvalue weighted by Crippen LogP contribution is 2.26. The van der Waals surface area contributed by atoms with Crippen LogP contribution in [-0.2, 0) is 22.6 Å². The Hall–Kier alpha value is -3.40. The minimum Gasteiger partial charge on any atom is -0.496 e. The Morgan fingerprint density at radius 2 is 1.52 bits per heavy atom. The molecule has 134 valence electrons. The molecule has 0 atom stereocenters. The van der Waals surface area contributed by atoms with Gasteiger partial charge in [0, 0.05) is 16.3 Å². The van der Waals surface area contributed by atoms with Crippen molar-refractivity contribution in [3.8, 4) is 5.75 Å². The molecule has 0 aliphatic rings. The minimum atomic E-state index is -0.307. The Kier molecular flexibility index (Phi) is 4.71. The molecule has 0 amide bonds. The summed E-state index contributed by atoms with van der Waals surface area (Å²) in [6.45, 7) is 0.138. The van der Waals surface area contributed by atoms with Crippen LogP contribution in [-0.4, -0.2) is 18.1 Å². The molecule has 1 aromatic heterocycles. The molecule has 0 radical (unpaired) electrons. The van der Waals surface area contributed by atoms with Crippen LogP contribution in [0.3, 0.4) is 0 Å². The lowest BCUT2D eigenvalue weighted by atomic mass is 10.0. The fourth-order valence-corrected chi connectivity index (χ4v) is 3.29. The van der Waals surface area contributed by atoms with E-state index < -0.39 is 0 Å². The molecule has 0 bridgehead atoms. The second kappa shape index (κ2) is 7.46. The summed E-state index contributed by atoms with van der Waals surface area (Å²) in [5, 5.41) is 3.21. The fourth-order valence-electron chi connectivity index (χ4n) is 3.29. The summed E-state index contributed by atoms with van der Waals surface area (Å²) in [7, 11) is 1.59. The van der Waals surface area contributed by atoms with Crippen molar-refractivity contribution in [2.45, 2.75) is 13.0 Å². The lowest BCUT2D eigenvalue weighted by Crippen LogP contribution is -2.10. The molecule has 0 unspecified atom stereocenters. The zero-order valence-corrected chi connectivity index (χ0v) is 15.0. The van der Waals surface area contributed by atoms with Crippen molar-refractivity contribution in [2.75, 3.05) is 7.11 Å². The molecule has 0 fully saturated rings. The predicted molar refractivity (Wildman–Crippen MR) is 106 cm³/mol. The van der Waals surface area contributed by atoms with Gasteiger partial charge in [-0.05, 0) is 17.5 Å². The lowest BCUT2D eigenvalue weighted by molar-refractivity contribution is -0.144. The molecule has 1 heterocycles. The first-order valence-corrected chi connectivity index (χ1v) is 8.80. The van der Waals surface area contributed by atoms with Crippen LogP contribution in [0.15, 0.2) is 72.8 Å². The van der Waals surface area contributed by atoms with Gasteiger partial charge in [-0.1, -0.05) is 60.7 Å². The van der Waals surface area contributed by atoms with Gasteiger partial charge < -0.3 is 9.47 Å². The Morgan fingerprint density at radius 1 is 0.852 bits per heavy atom. The third-order valence-corrected chi connectivity index (χ3v) is 4.58. The zero-order valence-electron chi connectivity index (χ0n) is 15.0. The molecular weight excluding hydrogens is 338 g/mol. The normalized spacial score (nSPS) is 10.9. The highest BCUT2D eigenvalue weighted by atomic mass is 16.5. The van der Waals surface area contributed by atoms with E-state index in [-0.39, 0.29) is 19.0 Å². The first kappa shape index (κ1) is 17.0. The van der Waals surface area contributed by atoms with Crippen molar-refractivity contribution in [1.29, 1.82) is 0 Å². The third kappa shape index (κ3) is 3.47. The monoisotopic (exact) mass is 357 g/mol. The van der Waals surface area contributed by atoms with Crippen molar-refractivity contribution in [3.05, 3.63) is 84.1 Å². The number of methoxy groups -OCH3 is 1. The first-order chi connectivity index (χ1) is 13.3. The van der Waals surface area contributed by atoms with Crippen LogP contribution in [0.1, 0.15) is 11.3 Å². The highest BCUT2D eigenvalue weighted by Gasteiger charge is 2.12. The largest absolute Gasteiger partial charge is 0.496 e. The van der Waals surface area contributed by atoms with Crippen molar-refractivity contribution in [2.24, 2.45) is 0 Å². The molecular formula is C23H19NO3. The van der Waals surface area contributed by atoms with Crippen LogP contribution in [0.5, 0.6) is 5.75 Å².